The zero-order valence-electron chi connectivity index (χ0n) is 17.4. The number of aryl methyl sites for hydroxylation is 1. The second kappa shape index (κ2) is 8.29. The lowest BCUT2D eigenvalue weighted by Gasteiger charge is -2.41. The van der Waals surface area contributed by atoms with Crippen LogP contribution in [-0.4, -0.2) is 37.2 Å². The van der Waals surface area contributed by atoms with E-state index >= 15 is 0 Å². The fourth-order valence-electron chi connectivity index (χ4n) is 4.20. The fraction of sp³-hybridized carbons (Fsp3) is 0.375. The van der Waals surface area contributed by atoms with Crippen molar-refractivity contribution in [3.05, 3.63) is 70.1 Å². The Kier molecular flexibility index (Phi) is 5.58. The van der Waals surface area contributed by atoms with E-state index in [4.69, 9.17) is 9.15 Å². The summed E-state index contributed by atoms with van der Waals surface area (Å²) in [5.41, 5.74) is 3.87. The lowest BCUT2D eigenvalue weighted by Crippen LogP contribution is -2.51. The molecule has 1 saturated heterocycles. The number of nitrogens with zero attached hydrogens (tertiary/aromatic N) is 2. The van der Waals surface area contributed by atoms with Crippen LogP contribution in [0.4, 0.5) is 5.69 Å². The van der Waals surface area contributed by atoms with Crippen molar-refractivity contribution in [1.29, 1.82) is 0 Å². The van der Waals surface area contributed by atoms with E-state index in [1.807, 2.05) is 25.1 Å². The Balaban J connectivity index is 1.55. The average Bonchev–Trinajstić information content (AvgIpc) is 2.69. The molecule has 1 aliphatic rings. The van der Waals surface area contributed by atoms with E-state index in [9.17, 15) is 4.79 Å². The number of rotatable bonds is 5. The van der Waals surface area contributed by atoms with Crippen LogP contribution in [0.5, 0.6) is 5.75 Å². The summed E-state index contributed by atoms with van der Waals surface area (Å²) in [6, 6.07) is 16.4. The van der Waals surface area contributed by atoms with Gasteiger partial charge in [-0.15, -0.1) is 0 Å². The van der Waals surface area contributed by atoms with Gasteiger partial charge < -0.3 is 14.1 Å². The van der Waals surface area contributed by atoms with Gasteiger partial charge in [0, 0.05) is 49.4 Å². The van der Waals surface area contributed by atoms with Crippen LogP contribution in [0.1, 0.15) is 25.0 Å². The SMILES string of the molecule is CCOc1ccc2oc(=O)cc(CN3CCN(c4cccc(C)c4)C(C)C3)c2c1. The van der Waals surface area contributed by atoms with Crippen LogP contribution in [0.3, 0.4) is 0 Å². The number of anilines is 1. The van der Waals surface area contributed by atoms with Crippen LogP contribution in [0, 0.1) is 6.92 Å². The van der Waals surface area contributed by atoms with Crippen LogP contribution in [-0.2, 0) is 6.54 Å². The molecular formula is C24H28N2O3. The highest BCUT2D eigenvalue weighted by Crippen LogP contribution is 2.26. The smallest absolute Gasteiger partial charge is 0.336 e. The molecule has 0 aliphatic carbocycles. The zero-order chi connectivity index (χ0) is 20.4. The van der Waals surface area contributed by atoms with E-state index in [1.165, 1.54) is 11.3 Å². The van der Waals surface area contributed by atoms with E-state index in [0.29, 0.717) is 18.2 Å². The van der Waals surface area contributed by atoms with Crippen molar-refractivity contribution in [3.63, 3.8) is 0 Å². The maximum Gasteiger partial charge on any atom is 0.336 e. The molecule has 5 heteroatoms. The number of hydrogen-bond donors (Lipinski definition) is 0. The number of fused-ring (bicyclic) bond motifs is 1. The van der Waals surface area contributed by atoms with Gasteiger partial charge in [-0.2, -0.15) is 0 Å². The second-order valence-electron chi connectivity index (χ2n) is 7.80. The molecule has 2 heterocycles. The number of benzene rings is 2. The Labute approximate surface area is 171 Å². The molecule has 152 valence electrons. The van der Waals surface area contributed by atoms with Gasteiger partial charge in [0.15, 0.2) is 0 Å². The van der Waals surface area contributed by atoms with Gasteiger partial charge >= 0.3 is 5.63 Å². The first-order valence-electron chi connectivity index (χ1n) is 10.3. The minimum absolute atomic E-state index is 0.303. The minimum Gasteiger partial charge on any atom is -0.494 e. The van der Waals surface area contributed by atoms with Gasteiger partial charge in [-0.05, 0) is 62.2 Å². The topological polar surface area (TPSA) is 45.9 Å². The van der Waals surface area contributed by atoms with Crippen LogP contribution in [0.15, 0.2) is 57.7 Å². The summed E-state index contributed by atoms with van der Waals surface area (Å²) in [5, 5.41) is 0.948. The third kappa shape index (κ3) is 4.30. The van der Waals surface area contributed by atoms with Crippen LogP contribution in [0.25, 0.3) is 11.0 Å². The van der Waals surface area contributed by atoms with Gasteiger partial charge in [-0.1, -0.05) is 12.1 Å². The standard InChI is InChI=1S/C24H28N2O3/c1-4-28-21-8-9-23-22(14-21)19(13-24(27)29-23)16-25-10-11-26(18(3)15-25)20-7-5-6-17(2)12-20/h5-9,12-14,18H,4,10-11,15-16H2,1-3H3. The molecule has 2 aromatic carbocycles. The first-order chi connectivity index (χ1) is 14.0. The van der Waals surface area contributed by atoms with Crippen molar-refractivity contribution in [1.82, 2.24) is 4.90 Å². The van der Waals surface area contributed by atoms with E-state index in [1.54, 1.807) is 6.07 Å². The number of hydrogen-bond acceptors (Lipinski definition) is 5. The Hall–Kier alpha value is -2.79. The second-order valence-corrected chi connectivity index (χ2v) is 7.80. The molecule has 0 bridgehead atoms. The van der Waals surface area contributed by atoms with Gasteiger partial charge in [0.25, 0.3) is 0 Å². The summed E-state index contributed by atoms with van der Waals surface area (Å²) < 4.78 is 11.0. The predicted molar refractivity (Wildman–Crippen MR) is 117 cm³/mol. The number of ether oxygens (including phenoxy) is 1. The van der Waals surface area contributed by atoms with Gasteiger partial charge in [0.1, 0.15) is 11.3 Å². The summed E-state index contributed by atoms with van der Waals surface area (Å²) in [6.07, 6.45) is 0. The molecular weight excluding hydrogens is 364 g/mol. The zero-order valence-corrected chi connectivity index (χ0v) is 17.4. The quantitative estimate of drug-likeness (QED) is 0.609. The first-order valence-corrected chi connectivity index (χ1v) is 10.3. The van der Waals surface area contributed by atoms with Crippen LogP contribution < -0.4 is 15.3 Å². The molecule has 0 spiro atoms. The summed E-state index contributed by atoms with van der Waals surface area (Å²) in [6.45, 7) is 10.6. The van der Waals surface area contributed by atoms with Crippen molar-refractivity contribution in [2.45, 2.75) is 33.4 Å². The monoisotopic (exact) mass is 392 g/mol. The van der Waals surface area contributed by atoms with Crippen molar-refractivity contribution in [2.24, 2.45) is 0 Å². The summed E-state index contributed by atoms with van der Waals surface area (Å²) in [4.78, 5) is 16.9. The molecule has 4 rings (SSSR count). The molecule has 0 radical (unpaired) electrons. The largest absolute Gasteiger partial charge is 0.494 e. The van der Waals surface area contributed by atoms with Crippen LogP contribution in [0.2, 0.25) is 0 Å². The van der Waals surface area contributed by atoms with Crippen molar-refractivity contribution >= 4 is 16.7 Å². The molecule has 1 unspecified atom stereocenters. The highest BCUT2D eigenvalue weighted by molar-refractivity contribution is 5.81. The molecule has 1 fully saturated rings. The van der Waals surface area contributed by atoms with E-state index in [2.05, 4.69) is 47.9 Å². The molecule has 1 atom stereocenters. The third-order valence-electron chi connectivity index (χ3n) is 5.55. The Morgan fingerprint density at radius 3 is 2.76 bits per heavy atom. The van der Waals surface area contributed by atoms with Gasteiger partial charge in [0.2, 0.25) is 0 Å². The maximum absolute atomic E-state index is 12.1. The fourth-order valence-corrected chi connectivity index (χ4v) is 4.20. The number of piperazine rings is 1. The van der Waals surface area contributed by atoms with E-state index in [-0.39, 0.29) is 5.63 Å². The molecule has 29 heavy (non-hydrogen) atoms. The lowest BCUT2D eigenvalue weighted by atomic mass is 10.1. The molecule has 0 saturated carbocycles. The van der Waals surface area contributed by atoms with Crippen LogP contribution >= 0.6 is 0 Å². The normalized spacial score (nSPS) is 17.6. The molecule has 0 N–H and O–H groups in total. The molecule has 0 amide bonds. The molecule has 5 nitrogen and oxygen atoms in total. The molecule has 1 aromatic heterocycles. The molecule has 1 aliphatic heterocycles. The highest BCUT2D eigenvalue weighted by atomic mass is 16.5. The first kappa shape index (κ1) is 19.5. The molecule has 3 aromatic rings. The van der Waals surface area contributed by atoms with Gasteiger partial charge in [-0.3, -0.25) is 4.90 Å². The Morgan fingerprint density at radius 1 is 1.14 bits per heavy atom. The van der Waals surface area contributed by atoms with Gasteiger partial charge in [0.05, 0.1) is 6.61 Å². The maximum atomic E-state index is 12.1. The Bertz CT molecular complexity index is 1060. The van der Waals surface area contributed by atoms with E-state index in [0.717, 1.165) is 42.9 Å². The highest BCUT2D eigenvalue weighted by Gasteiger charge is 2.24. The summed E-state index contributed by atoms with van der Waals surface area (Å²) >= 11 is 0. The predicted octanol–water partition coefficient (Wildman–Crippen LogP) is 4.21. The lowest BCUT2D eigenvalue weighted by molar-refractivity contribution is 0.221. The van der Waals surface area contributed by atoms with Gasteiger partial charge in [-0.25, -0.2) is 4.79 Å². The van der Waals surface area contributed by atoms with Crippen molar-refractivity contribution in [2.75, 3.05) is 31.1 Å². The van der Waals surface area contributed by atoms with E-state index < -0.39 is 0 Å². The minimum atomic E-state index is -0.303. The van der Waals surface area contributed by atoms with Crippen molar-refractivity contribution in [3.8, 4) is 5.75 Å². The van der Waals surface area contributed by atoms with Crippen molar-refractivity contribution < 1.29 is 9.15 Å². The summed E-state index contributed by atoms with van der Waals surface area (Å²) in [7, 11) is 0. The Morgan fingerprint density at radius 2 is 2.00 bits per heavy atom. The average molecular weight is 392 g/mol. The summed E-state index contributed by atoms with van der Waals surface area (Å²) in [5.74, 6) is 0.799. The third-order valence-corrected chi connectivity index (χ3v) is 5.55.